The molecule has 1 saturated heterocycles. The molecule has 29 heavy (non-hydrogen) atoms. The van der Waals surface area contributed by atoms with Crippen LogP contribution < -0.4 is 10.5 Å². The highest BCUT2D eigenvalue weighted by Gasteiger charge is 2.44. The van der Waals surface area contributed by atoms with Gasteiger partial charge in [0.25, 0.3) is 0 Å². The lowest BCUT2D eigenvalue weighted by Crippen LogP contribution is -2.34. The smallest absolute Gasteiger partial charge is 0.164 e. The Balaban J connectivity index is 1.38. The summed E-state index contributed by atoms with van der Waals surface area (Å²) in [4.78, 5) is 12.5. The van der Waals surface area contributed by atoms with Gasteiger partial charge in [-0.3, -0.25) is 4.98 Å². The number of nitrogens with zero attached hydrogens (tertiary/aromatic N) is 4. The zero-order valence-corrected chi connectivity index (χ0v) is 15.3. The van der Waals surface area contributed by atoms with E-state index >= 15 is 0 Å². The van der Waals surface area contributed by atoms with Gasteiger partial charge in [0.15, 0.2) is 6.23 Å². The zero-order valence-electron chi connectivity index (χ0n) is 15.3. The van der Waals surface area contributed by atoms with Gasteiger partial charge in [0.2, 0.25) is 0 Å². The lowest BCUT2D eigenvalue weighted by molar-refractivity contribution is -0.0470. The Labute approximate surface area is 165 Å². The van der Waals surface area contributed by atoms with E-state index in [-0.39, 0.29) is 6.61 Å². The Bertz CT molecular complexity index is 1170. The van der Waals surface area contributed by atoms with Gasteiger partial charge in [0.1, 0.15) is 54.0 Å². The van der Waals surface area contributed by atoms with E-state index < -0.39 is 24.5 Å². The number of aliphatic hydroxyl groups is 2. The predicted molar refractivity (Wildman–Crippen MR) is 105 cm³/mol. The van der Waals surface area contributed by atoms with Gasteiger partial charge in [-0.25, -0.2) is 9.97 Å². The molecule has 1 fully saturated rings. The molecule has 0 amide bonds. The maximum absolute atomic E-state index is 10.6. The number of anilines is 1. The van der Waals surface area contributed by atoms with Gasteiger partial charge in [0.05, 0.1) is 5.39 Å². The van der Waals surface area contributed by atoms with E-state index in [1.54, 1.807) is 23.0 Å². The third kappa shape index (κ3) is 2.96. The number of hydrogen-bond donors (Lipinski definition) is 3. The second-order valence-corrected chi connectivity index (χ2v) is 6.91. The van der Waals surface area contributed by atoms with E-state index in [1.807, 2.05) is 30.3 Å². The van der Waals surface area contributed by atoms with Crippen LogP contribution in [-0.2, 0) is 4.74 Å². The molecular formula is C20H19N5O4. The summed E-state index contributed by atoms with van der Waals surface area (Å²) < 4.78 is 13.4. The van der Waals surface area contributed by atoms with Crippen LogP contribution in [0.4, 0.5) is 5.82 Å². The number of aliphatic hydroxyl groups excluding tert-OH is 2. The van der Waals surface area contributed by atoms with Gasteiger partial charge < -0.3 is 30.0 Å². The van der Waals surface area contributed by atoms with Crippen molar-refractivity contribution in [3.05, 3.63) is 55.1 Å². The summed E-state index contributed by atoms with van der Waals surface area (Å²) in [6, 6.07) is 11.2. The Morgan fingerprint density at radius 3 is 2.83 bits per heavy atom. The van der Waals surface area contributed by atoms with Crippen LogP contribution in [0.15, 0.2) is 55.1 Å². The molecule has 1 aliphatic rings. The number of pyridine rings is 1. The molecule has 1 aromatic carbocycles. The third-order valence-corrected chi connectivity index (χ3v) is 5.15. The molecule has 9 heteroatoms. The van der Waals surface area contributed by atoms with Crippen LogP contribution in [0.3, 0.4) is 0 Å². The van der Waals surface area contributed by atoms with E-state index in [0.29, 0.717) is 22.6 Å². The number of benzene rings is 1. The van der Waals surface area contributed by atoms with Crippen LogP contribution in [-0.4, -0.2) is 54.7 Å². The minimum atomic E-state index is -1.15. The lowest BCUT2D eigenvalue weighted by Gasteiger charge is -2.17. The summed E-state index contributed by atoms with van der Waals surface area (Å²) in [6.07, 6.45) is 0.914. The average Bonchev–Trinajstić information content (AvgIpc) is 3.29. The van der Waals surface area contributed by atoms with Crippen molar-refractivity contribution in [2.45, 2.75) is 24.5 Å². The molecule has 5 rings (SSSR count). The molecule has 4 N–H and O–H groups in total. The highest BCUT2D eigenvalue weighted by Crippen LogP contribution is 2.33. The Hall–Kier alpha value is -3.27. The number of rotatable bonds is 4. The van der Waals surface area contributed by atoms with Gasteiger partial charge in [-0.1, -0.05) is 18.2 Å². The fourth-order valence-electron chi connectivity index (χ4n) is 3.66. The van der Waals surface area contributed by atoms with Crippen molar-refractivity contribution in [2.75, 3.05) is 12.3 Å². The Morgan fingerprint density at radius 1 is 1.07 bits per heavy atom. The molecule has 9 nitrogen and oxygen atoms in total. The molecule has 0 spiro atoms. The molecule has 4 aromatic rings. The largest absolute Gasteiger partial charge is 0.488 e. The number of ether oxygens (including phenoxy) is 2. The summed E-state index contributed by atoms with van der Waals surface area (Å²) >= 11 is 0. The van der Waals surface area contributed by atoms with Crippen LogP contribution in [0.5, 0.6) is 5.75 Å². The number of hydrogen-bond acceptors (Lipinski definition) is 8. The minimum Gasteiger partial charge on any atom is -0.488 e. The first-order chi connectivity index (χ1) is 14.1. The van der Waals surface area contributed by atoms with Crippen molar-refractivity contribution in [3.63, 3.8) is 0 Å². The molecular weight excluding hydrogens is 374 g/mol. The second kappa shape index (κ2) is 6.96. The summed E-state index contributed by atoms with van der Waals surface area (Å²) in [5.74, 6) is 0.925. The first-order valence-electron chi connectivity index (χ1n) is 9.18. The van der Waals surface area contributed by atoms with Gasteiger partial charge in [-0.2, -0.15) is 0 Å². The number of aromatic nitrogens is 4. The van der Waals surface area contributed by atoms with Gasteiger partial charge >= 0.3 is 0 Å². The fraction of sp³-hybridized carbons (Fsp3) is 0.250. The van der Waals surface area contributed by atoms with E-state index in [9.17, 15) is 10.2 Å². The molecule has 1 aliphatic heterocycles. The van der Waals surface area contributed by atoms with Crippen molar-refractivity contribution in [3.8, 4) is 5.75 Å². The summed E-state index contributed by atoms with van der Waals surface area (Å²) in [5.41, 5.74) is 7.12. The molecule has 3 aromatic heterocycles. The maximum Gasteiger partial charge on any atom is 0.164 e. The summed E-state index contributed by atoms with van der Waals surface area (Å²) in [5, 5.41) is 22.7. The minimum absolute atomic E-state index is 0.0563. The van der Waals surface area contributed by atoms with E-state index in [4.69, 9.17) is 15.2 Å². The first kappa shape index (κ1) is 17.8. The SMILES string of the molecule is Nc1ncnc2c1ccn2[C@@H]1O[C@H](COc2cccc3cccnc23)[C@@H](O)[C@H]1O. The second-order valence-electron chi connectivity index (χ2n) is 6.91. The van der Waals surface area contributed by atoms with E-state index in [1.165, 1.54) is 6.33 Å². The van der Waals surface area contributed by atoms with Gasteiger partial charge in [-0.15, -0.1) is 0 Å². The Kier molecular flexibility index (Phi) is 4.27. The maximum atomic E-state index is 10.6. The van der Waals surface area contributed by atoms with Crippen LogP contribution in [0.2, 0.25) is 0 Å². The summed E-state index contributed by atoms with van der Waals surface area (Å²) in [7, 11) is 0. The molecule has 0 unspecified atom stereocenters. The molecule has 0 radical (unpaired) electrons. The van der Waals surface area contributed by atoms with E-state index in [2.05, 4.69) is 15.0 Å². The number of nitrogen functional groups attached to an aromatic ring is 1. The third-order valence-electron chi connectivity index (χ3n) is 5.15. The van der Waals surface area contributed by atoms with Gasteiger partial charge in [0, 0.05) is 17.8 Å². The van der Waals surface area contributed by atoms with Crippen LogP contribution in [0, 0.1) is 0 Å². The molecule has 0 saturated carbocycles. The van der Waals surface area contributed by atoms with Crippen LogP contribution >= 0.6 is 0 Å². The summed E-state index contributed by atoms with van der Waals surface area (Å²) in [6.45, 7) is 0.0563. The normalized spacial score (nSPS) is 24.3. The molecule has 4 heterocycles. The van der Waals surface area contributed by atoms with Crippen molar-refractivity contribution in [2.24, 2.45) is 0 Å². The molecule has 0 bridgehead atoms. The Morgan fingerprint density at radius 2 is 1.93 bits per heavy atom. The highest BCUT2D eigenvalue weighted by molar-refractivity contribution is 5.86. The molecule has 148 valence electrons. The molecule has 4 atom stereocenters. The molecule has 0 aliphatic carbocycles. The van der Waals surface area contributed by atoms with Crippen LogP contribution in [0.1, 0.15) is 6.23 Å². The van der Waals surface area contributed by atoms with Crippen molar-refractivity contribution in [1.29, 1.82) is 0 Å². The quantitative estimate of drug-likeness (QED) is 0.473. The van der Waals surface area contributed by atoms with Crippen molar-refractivity contribution in [1.82, 2.24) is 19.5 Å². The fourth-order valence-corrected chi connectivity index (χ4v) is 3.66. The lowest BCUT2D eigenvalue weighted by atomic mass is 10.1. The average molecular weight is 393 g/mol. The number of fused-ring (bicyclic) bond motifs is 2. The van der Waals surface area contributed by atoms with Crippen molar-refractivity contribution < 1.29 is 19.7 Å². The number of para-hydroxylation sites is 1. The van der Waals surface area contributed by atoms with Crippen molar-refractivity contribution >= 4 is 27.8 Å². The monoisotopic (exact) mass is 393 g/mol. The van der Waals surface area contributed by atoms with E-state index in [0.717, 1.165) is 10.9 Å². The zero-order chi connectivity index (χ0) is 20.0. The standard InChI is InChI=1S/C20H19N5O4/c21-18-12-6-8-25(19(12)24-10-23-18)20-17(27)16(26)14(29-20)9-28-13-5-1-3-11-4-2-7-22-15(11)13/h1-8,10,14,16-17,20,26-27H,9H2,(H2,21,23,24)/t14-,16-,17-,20-/m1/s1. The highest BCUT2D eigenvalue weighted by atomic mass is 16.6. The first-order valence-corrected chi connectivity index (χ1v) is 9.18. The topological polar surface area (TPSA) is 129 Å². The van der Waals surface area contributed by atoms with Gasteiger partial charge in [-0.05, 0) is 18.2 Å². The number of nitrogens with two attached hydrogens (primary N) is 1. The van der Waals surface area contributed by atoms with Crippen LogP contribution in [0.25, 0.3) is 21.9 Å². The predicted octanol–water partition coefficient (Wildman–Crippen LogP) is 1.26.